The van der Waals surface area contributed by atoms with Gasteiger partial charge in [0.05, 0.1) is 11.4 Å². The van der Waals surface area contributed by atoms with Gasteiger partial charge in [0.2, 0.25) is 0 Å². The molecule has 0 unspecified atom stereocenters. The lowest BCUT2D eigenvalue weighted by Gasteiger charge is -2.20. The molecule has 2 amide bonds. The molecule has 4 N–H and O–H groups in total. The molecule has 6 nitrogen and oxygen atoms in total. The van der Waals surface area contributed by atoms with Crippen molar-refractivity contribution in [1.29, 1.82) is 0 Å². The summed E-state index contributed by atoms with van der Waals surface area (Å²) in [5, 5.41) is 5.55. The highest BCUT2D eigenvalue weighted by Gasteiger charge is 2.24. The van der Waals surface area contributed by atoms with Gasteiger partial charge in [-0.3, -0.25) is 0 Å². The molecule has 0 atom stereocenters. The van der Waals surface area contributed by atoms with Crippen LogP contribution in [0.4, 0.5) is 16.2 Å². The van der Waals surface area contributed by atoms with Gasteiger partial charge in [-0.15, -0.1) is 0 Å². The van der Waals surface area contributed by atoms with Crippen molar-refractivity contribution in [3.05, 3.63) is 12.1 Å². The summed E-state index contributed by atoms with van der Waals surface area (Å²) < 4.78 is 10.8. The molecule has 1 aliphatic carbocycles. The summed E-state index contributed by atoms with van der Waals surface area (Å²) in [6.45, 7) is 1.02. The summed E-state index contributed by atoms with van der Waals surface area (Å²) in [5.74, 6) is 1.23. The molecule has 18 heavy (non-hydrogen) atoms. The summed E-state index contributed by atoms with van der Waals surface area (Å²) in [7, 11) is 0. The smallest absolute Gasteiger partial charge is 0.319 e. The number of nitrogens with two attached hydrogens (primary N) is 1. The van der Waals surface area contributed by atoms with Crippen molar-refractivity contribution in [2.24, 2.45) is 0 Å². The Labute approximate surface area is 104 Å². The van der Waals surface area contributed by atoms with Crippen LogP contribution in [-0.2, 0) is 0 Å². The molecule has 2 aliphatic rings. The van der Waals surface area contributed by atoms with E-state index in [0.29, 0.717) is 42.1 Å². The maximum absolute atomic E-state index is 11.6. The molecule has 1 saturated carbocycles. The van der Waals surface area contributed by atoms with E-state index in [1.165, 1.54) is 0 Å². The first kappa shape index (κ1) is 11.0. The second-order valence-corrected chi connectivity index (χ2v) is 4.46. The summed E-state index contributed by atoms with van der Waals surface area (Å²) in [5.41, 5.74) is 6.86. The molecule has 3 rings (SSSR count). The monoisotopic (exact) mass is 249 g/mol. The van der Waals surface area contributed by atoms with Crippen LogP contribution < -0.4 is 25.8 Å². The van der Waals surface area contributed by atoms with Crippen molar-refractivity contribution in [2.75, 3.05) is 24.3 Å². The number of rotatable bonds is 2. The van der Waals surface area contributed by atoms with Crippen LogP contribution >= 0.6 is 0 Å². The molecule has 1 aromatic carbocycles. The first-order chi connectivity index (χ1) is 8.72. The Kier molecular flexibility index (Phi) is 2.62. The standard InChI is InChI=1S/C12H15N3O3/c13-8-5-10-11(18-4-3-17-10)6-9(8)15-12(16)14-7-1-2-7/h5-7H,1-4,13H2,(H2,14,15,16). The number of ether oxygens (including phenoxy) is 2. The second-order valence-electron chi connectivity index (χ2n) is 4.46. The highest BCUT2D eigenvalue weighted by atomic mass is 16.6. The Morgan fingerprint density at radius 2 is 1.89 bits per heavy atom. The Hall–Kier alpha value is -2.11. The summed E-state index contributed by atoms with van der Waals surface area (Å²) in [4.78, 5) is 11.6. The molecule has 0 spiro atoms. The topological polar surface area (TPSA) is 85.6 Å². The SMILES string of the molecule is Nc1cc2c(cc1NC(=O)NC1CC1)OCCO2. The molecule has 96 valence electrons. The van der Waals surface area contributed by atoms with Crippen LogP contribution in [0.5, 0.6) is 11.5 Å². The molecule has 0 radical (unpaired) electrons. The number of nitrogen functional groups attached to an aromatic ring is 1. The fourth-order valence-corrected chi connectivity index (χ4v) is 1.78. The number of carbonyl (C=O) groups is 1. The van der Waals surface area contributed by atoms with Crippen LogP contribution in [0.25, 0.3) is 0 Å². The fraction of sp³-hybridized carbons (Fsp3) is 0.417. The van der Waals surface area contributed by atoms with E-state index in [1.807, 2.05) is 0 Å². The van der Waals surface area contributed by atoms with Gasteiger partial charge in [-0.25, -0.2) is 4.79 Å². The second kappa shape index (κ2) is 4.29. The highest BCUT2D eigenvalue weighted by Crippen LogP contribution is 2.36. The predicted molar refractivity (Wildman–Crippen MR) is 67.0 cm³/mol. The quantitative estimate of drug-likeness (QED) is 0.690. The predicted octanol–water partition coefficient (Wildman–Crippen LogP) is 1.32. The van der Waals surface area contributed by atoms with Crippen LogP contribution in [0.2, 0.25) is 0 Å². The van der Waals surface area contributed by atoms with Gasteiger partial charge in [0.25, 0.3) is 0 Å². The van der Waals surface area contributed by atoms with Gasteiger partial charge in [-0.2, -0.15) is 0 Å². The number of nitrogens with one attached hydrogen (secondary N) is 2. The maximum atomic E-state index is 11.6. The third-order valence-electron chi connectivity index (χ3n) is 2.88. The van der Waals surface area contributed by atoms with Crippen molar-refractivity contribution in [3.63, 3.8) is 0 Å². The summed E-state index contributed by atoms with van der Waals surface area (Å²) in [6, 6.07) is 3.43. The van der Waals surface area contributed by atoms with Gasteiger partial charge in [0.1, 0.15) is 13.2 Å². The van der Waals surface area contributed by atoms with Crippen molar-refractivity contribution in [2.45, 2.75) is 18.9 Å². The van der Waals surface area contributed by atoms with E-state index in [0.717, 1.165) is 12.8 Å². The third kappa shape index (κ3) is 2.27. The number of urea groups is 1. The van der Waals surface area contributed by atoms with E-state index in [2.05, 4.69) is 10.6 Å². The lowest BCUT2D eigenvalue weighted by molar-refractivity contribution is 0.172. The van der Waals surface area contributed by atoms with Crippen molar-refractivity contribution >= 4 is 17.4 Å². The van der Waals surface area contributed by atoms with Crippen molar-refractivity contribution < 1.29 is 14.3 Å². The van der Waals surface area contributed by atoms with Crippen LogP contribution in [-0.4, -0.2) is 25.3 Å². The zero-order valence-electron chi connectivity index (χ0n) is 9.86. The van der Waals surface area contributed by atoms with Gasteiger partial charge < -0.3 is 25.8 Å². The van der Waals surface area contributed by atoms with E-state index >= 15 is 0 Å². The Bertz CT molecular complexity index is 486. The minimum Gasteiger partial charge on any atom is -0.486 e. The maximum Gasteiger partial charge on any atom is 0.319 e. The van der Waals surface area contributed by atoms with E-state index in [-0.39, 0.29) is 6.03 Å². The number of carbonyl (C=O) groups excluding carboxylic acids is 1. The lowest BCUT2D eigenvalue weighted by Crippen LogP contribution is -2.30. The summed E-state index contributed by atoms with van der Waals surface area (Å²) in [6.07, 6.45) is 2.09. The van der Waals surface area contributed by atoms with Crippen LogP contribution in [0.15, 0.2) is 12.1 Å². The number of anilines is 2. The minimum absolute atomic E-state index is 0.235. The minimum atomic E-state index is -0.235. The average molecular weight is 249 g/mol. The highest BCUT2D eigenvalue weighted by molar-refractivity contribution is 5.93. The molecule has 0 bridgehead atoms. The van der Waals surface area contributed by atoms with Gasteiger partial charge >= 0.3 is 6.03 Å². The lowest BCUT2D eigenvalue weighted by atomic mass is 10.2. The molecule has 1 aliphatic heterocycles. The fourth-order valence-electron chi connectivity index (χ4n) is 1.78. The number of hydrogen-bond acceptors (Lipinski definition) is 4. The molecular formula is C12H15N3O3. The Morgan fingerprint density at radius 3 is 2.56 bits per heavy atom. The van der Waals surface area contributed by atoms with Gasteiger partial charge in [0.15, 0.2) is 11.5 Å². The molecule has 0 aromatic heterocycles. The van der Waals surface area contributed by atoms with Crippen molar-refractivity contribution in [3.8, 4) is 11.5 Å². The Balaban J connectivity index is 1.76. The molecular weight excluding hydrogens is 234 g/mol. The van der Waals surface area contributed by atoms with E-state index < -0.39 is 0 Å². The zero-order chi connectivity index (χ0) is 12.5. The largest absolute Gasteiger partial charge is 0.486 e. The number of hydrogen-bond donors (Lipinski definition) is 3. The van der Waals surface area contributed by atoms with Crippen LogP contribution in [0.1, 0.15) is 12.8 Å². The molecule has 1 aromatic rings. The normalized spacial score (nSPS) is 17.1. The van der Waals surface area contributed by atoms with E-state index in [9.17, 15) is 4.79 Å². The zero-order valence-corrected chi connectivity index (χ0v) is 9.86. The number of fused-ring (bicyclic) bond motifs is 1. The first-order valence-corrected chi connectivity index (χ1v) is 5.99. The van der Waals surface area contributed by atoms with E-state index in [4.69, 9.17) is 15.2 Å². The first-order valence-electron chi connectivity index (χ1n) is 5.99. The Morgan fingerprint density at radius 1 is 1.22 bits per heavy atom. The van der Waals surface area contributed by atoms with Gasteiger partial charge in [-0.05, 0) is 12.8 Å². The van der Waals surface area contributed by atoms with Crippen LogP contribution in [0, 0.1) is 0 Å². The average Bonchev–Trinajstić information content (AvgIpc) is 3.14. The molecule has 6 heteroatoms. The molecule has 0 saturated heterocycles. The van der Waals surface area contributed by atoms with Gasteiger partial charge in [-0.1, -0.05) is 0 Å². The molecule has 1 heterocycles. The molecule has 1 fully saturated rings. The number of benzene rings is 1. The van der Waals surface area contributed by atoms with E-state index in [1.54, 1.807) is 12.1 Å². The third-order valence-corrected chi connectivity index (χ3v) is 2.88. The summed E-state index contributed by atoms with van der Waals surface area (Å²) >= 11 is 0. The van der Waals surface area contributed by atoms with Crippen LogP contribution in [0.3, 0.4) is 0 Å². The number of amides is 2. The van der Waals surface area contributed by atoms with Gasteiger partial charge in [0, 0.05) is 18.2 Å². The van der Waals surface area contributed by atoms with Crippen molar-refractivity contribution in [1.82, 2.24) is 5.32 Å².